The molecule has 1 heterocycles. The molecule has 0 radical (unpaired) electrons. The summed E-state index contributed by atoms with van der Waals surface area (Å²) in [7, 11) is 0. The summed E-state index contributed by atoms with van der Waals surface area (Å²) in [5, 5.41) is 0.580. The molecule has 3 aromatic rings. The third kappa shape index (κ3) is 3.79. The number of halogens is 5. The van der Waals surface area contributed by atoms with Crippen molar-refractivity contribution < 1.29 is 31.1 Å². The number of hydrogen-bond donors (Lipinski definition) is 0. The minimum absolute atomic E-state index is 0.0862. The minimum atomic E-state index is -2.17. The van der Waals surface area contributed by atoms with Gasteiger partial charge in [-0.05, 0) is 31.4 Å². The molecule has 0 aliphatic rings. The van der Waals surface area contributed by atoms with Gasteiger partial charge in [-0.15, -0.1) is 0 Å². The summed E-state index contributed by atoms with van der Waals surface area (Å²) in [5.74, 6) is -9.44. The number of rotatable bonds is 6. The third-order valence-electron chi connectivity index (χ3n) is 3.99. The van der Waals surface area contributed by atoms with E-state index in [1.807, 2.05) is 0 Å². The van der Waals surface area contributed by atoms with Crippen molar-refractivity contribution in [2.24, 2.45) is 0 Å². The minimum Gasteiger partial charge on any atom is -0.493 e. The molecular formula is C19H13F5O3. The van der Waals surface area contributed by atoms with Crippen LogP contribution in [-0.4, -0.2) is 6.61 Å². The number of ether oxygens (including phenoxy) is 1. The molecule has 27 heavy (non-hydrogen) atoms. The van der Waals surface area contributed by atoms with Gasteiger partial charge in [-0.2, -0.15) is 0 Å². The average molecular weight is 384 g/mol. The highest BCUT2D eigenvalue weighted by Crippen LogP contribution is 2.25. The van der Waals surface area contributed by atoms with Crippen molar-refractivity contribution >= 4 is 11.0 Å². The molecule has 0 amide bonds. The van der Waals surface area contributed by atoms with Gasteiger partial charge < -0.3 is 9.15 Å². The summed E-state index contributed by atoms with van der Waals surface area (Å²) in [6.45, 7) is 0.0862. The molecule has 8 heteroatoms. The van der Waals surface area contributed by atoms with Crippen LogP contribution in [0.25, 0.3) is 11.0 Å². The molecule has 0 bridgehead atoms. The van der Waals surface area contributed by atoms with Gasteiger partial charge in [-0.1, -0.05) is 12.1 Å². The van der Waals surface area contributed by atoms with Gasteiger partial charge >= 0.3 is 5.63 Å². The molecule has 0 aliphatic heterocycles. The van der Waals surface area contributed by atoms with Crippen molar-refractivity contribution in [1.82, 2.24) is 0 Å². The highest BCUT2D eigenvalue weighted by Gasteiger charge is 2.25. The van der Waals surface area contributed by atoms with Gasteiger partial charge in [0.1, 0.15) is 11.3 Å². The summed E-state index contributed by atoms with van der Waals surface area (Å²) in [5.41, 5.74) is -1.09. The molecule has 0 saturated carbocycles. The van der Waals surface area contributed by atoms with Gasteiger partial charge in [0, 0.05) is 5.56 Å². The van der Waals surface area contributed by atoms with Crippen molar-refractivity contribution in [2.45, 2.75) is 19.3 Å². The molecule has 1 aromatic heterocycles. The zero-order valence-electron chi connectivity index (χ0n) is 13.8. The lowest BCUT2D eigenvalue weighted by molar-refractivity contribution is 0.306. The van der Waals surface area contributed by atoms with Gasteiger partial charge in [0.05, 0.1) is 18.1 Å². The monoisotopic (exact) mass is 384 g/mol. The fourth-order valence-corrected chi connectivity index (χ4v) is 2.66. The highest BCUT2D eigenvalue weighted by molar-refractivity contribution is 5.82. The number of unbranched alkanes of at least 4 members (excludes halogenated alkanes) is 1. The molecule has 3 nitrogen and oxygen atoms in total. The fraction of sp³-hybridized carbons (Fsp3) is 0.211. The van der Waals surface area contributed by atoms with E-state index in [-0.39, 0.29) is 31.6 Å². The lowest BCUT2D eigenvalue weighted by Crippen LogP contribution is -2.08. The first-order valence-electron chi connectivity index (χ1n) is 8.06. The normalized spacial score (nSPS) is 11.1. The van der Waals surface area contributed by atoms with Gasteiger partial charge in [0.25, 0.3) is 0 Å². The molecule has 0 N–H and O–H groups in total. The third-order valence-corrected chi connectivity index (χ3v) is 3.99. The Hall–Kier alpha value is -2.90. The molecule has 0 aliphatic carbocycles. The van der Waals surface area contributed by atoms with E-state index in [0.717, 1.165) is 0 Å². The second-order valence-electron chi connectivity index (χ2n) is 5.78. The van der Waals surface area contributed by atoms with E-state index in [4.69, 9.17) is 9.15 Å². The predicted molar refractivity (Wildman–Crippen MR) is 87.1 cm³/mol. The Balaban J connectivity index is 1.64. The summed E-state index contributed by atoms with van der Waals surface area (Å²) in [6.07, 6.45) is 0.0542. The van der Waals surface area contributed by atoms with Gasteiger partial charge in [-0.3, -0.25) is 0 Å². The topological polar surface area (TPSA) is 39.4 Å². The maximum Gasteiger partial charge on any atom is 0.339 e. The van der Waals surface area contributed by atoms with Crippen molar-refractivity contribution in [2.75, 3.05) is 6.61 Å². The van der Waals surface area contributed by atoms with E-state index in [0.29, 0.717) is 11.0 Å². The first-order chi connectivity index (χ1) is 12.9. The van der Waals surface area contributed by atoms with Crippen LogP contribution in [0.3, 0.4) is 0 Å². The Morgan fingerprint density at radius 1 is 0.852 bits per heavy atom. The summed E-state index contributed by atoms with van der Waals surface area (Å²) in [4.78, 5) is 11.5. The number of para-hydroxylation sites is 1. The molecule has 2 aromatic carbocycles. The van der Waals surface area contributed by atoms with Crippen LogP contribution < -0.4 is 10.4 Å². The number of fused-ring (bicyclic) bond motifs is 1. The molecule has 0 spiro atoms. The van der Waals surface area contributed by atoms with Crippen molar-refractivity contribution in [3.8, 4) is 5.75 Å². The standard InChI is InChI=1S/C19H13F5O3/c20-15-11(16(21)18(23)19(24)17(15)22)6-3-4-8-26-13-9-14(25)27-12-7-2-1-5-10(12)13/h1-2,5,7,9H,3-4,6,8H2. The van der Waals surface area contributed by atoms with Crippen LogP contribution >= 0.6 is 0 Å². The summed E-state index contributed by atoms with van der Waals surface area (Å²) >= 11 is 0. The van der Waals surface area contributed by atoms with E-state index in [2.05, 4.69) is 0 Å². The van der Waals surface area contributed by atoms with Crippen molar-refractivity contribution in [1.29, 1.82) is 0 Å². The lowest BCUT2D eigenvalue weighted by atomic mass is 10.1. The van der Waals surface area contributed by atoms with Crippen LogP contribution in [0.4, 0.5) is 22.0 Å². The van der Waals surface area contributed by atoms with Crippen LogP contribution in [0.15, 0.2) is 39.5 Å². The predicted octanol–water partition coefficient (Wildman–Crippen LogP) is 4.89. The maximum atomic E-state index is 13.6. The Morgan fingerprint density at radius 3 is 2.19 bits per heavy atom. The number of benzene rings is 2. The second-order valence-corrected chi connectivity index (χ2v) is 5.78. The van der Waals surface area contributed by atoms with Crippen LogP contribution in [0.2, 0.25) is 0 Å². The Kier molecular flexibility index (Phi) is 5.43. The maximum absolute atomic E-state index is 13.6. The summed E-state index contributed by atoms with van der Waals surface area (Å²) in [6, 6.07) is 7.90. The first-order valence-corrected chi connectivity index (χ1v) is 8.06. The van der Waals surface area contributed by atoms with Gasteiger partial charge in [0.2, 0.25) is 5.82 Å². The van der Waals surface area contributed by atoms with Crippen LogP contribution in [0, 0.1) is 29.1 Å². The molecule has 0 saturated heterocycles. The Labute approximate surface area is 150 Å². The van der Waals surface area contributed by atoms with Crippen LogP contribution in [0.1, 0.15) is 18.4 Å². The second kappa shape index (κ2) is 7.77. The van der Waals surface area contributed by atoms with Crippen molar-refractivity contribution in [3.63, 3.8) is 0 Å². The largest absolute Gasteiger partial charge is 0.493 e. The lowest BCUT2D eigenvalue weighted by Gasteiger charge is -2.10. The van der Waals surface area contributed by atoms with E-state index in [1.165, 1.54) is 6.07 Å². The molecule has 3 rings (SSSR count). The van der Waals surface area contributed by atoms with Crippen molar-refractivity contribution in [3.05, 3.63) is 75.4 Å². The molecule has 142 valence electrons. The highest BCUT2D eigenvalue weighted by atomic mass is 19.2. The molecular weight excluding hydrogens is 371 g/mol. The SMILES string of the molecule is O=c1cc(OCCCCc2c(F)c(F)c(F)c(F)c2F)c2ccccc2o1. The first kappa shape index (κ1) is 18.9. The zero-order valence-corrected chi connectivity index (χ0v) is 13.8. The molecule has 0 atom stereocenters. The van der Waals surface area contributed by atoms with E-state index >= 15 is 0 Å². The van der Waals surface area contributed by atoms with Gasteiger partial charge in [-0.25, -0.2) is 26.7 Å². The number of hydrogen-bond acceptors (Lipinski definition) is 3. The van der Waals surface area contributed by atoms with Crippen LogP contribution in [0.5, 0.6) is 5.75 Å². The van der Waals surface area contributed by atoms with Gasteiger partial charge in [0.15, 0.2) is 23.3 Å². The van der Waals surface area contributed by atoms with E-state index in [1.54, 1.807) is 24.3 Å². The smallest absolute Gasteiger partial charge is 0.339 e. The Morgan fingerprint density at radius 2 is 1.48 bits per heavy atom. The van der Waals surface area contributed by atoms with E-state index in [9.17, 15) is 26.7 Å². The Bertz CT molecular complexity index is 1020. The molecule has 0 fully saturated rings. The quantitative estimate of drug-likeness (QED) is 0.200. The van der Waals surface area contributed by atoms with E-state index < -0.39 is 40.3 Å². The fourth-order valence-electron chi connectivity index (χ4n) is 2.66. The average Bonchev–Trinajstić information content (AvgIpc) is 2.66. The van der Waals surface area contributed by atoms with Crippen LogP contribution in [-0.2, 0) is 6.42 Å². The molecule has 0 unspecified atom stereocenters. The summed E-state index contributed by atoms with van der Waals surface area (Å²) < 4.78 is 77.1. The zero-order chi connectivity index (χ0) is 19.6.